The van der Waals surface area contributed by atoms with Gasteiger partial charge in [0.1, 0.15) is 17.7 Å². The SMILES string of the molecule is Cn1ccc(-c2cnn3c(N)cc(N4CCN5C(=O)NC(=O)C5C4)nc23)c1. The maximum Gasteiger partial charge on any atom is 0.324 e. The number of piperazine rings is 1. The summed E-state index contributed by atoms with van der Waals surface area (Å²) in [5.41, 5.74) is 8.75. The van der Waals surface area contributed by atoms with Crippen molar-refractivity contribution in [2.75, 3.05) is 30.3 Å². The number of nitrogen functional groups attached to an aromatic ring is 1. The second-order valence-electron chi connectivity index (χ2n) is 6.85. The molecule has 0 aromatic carbocycles. The summed E-state index contributed by atoms with van der Waals surface area (Å²) in [6.07, 6.45) is 5.70. The van der Waals surface area contributed by atoms with Crippen LogP contribution in [0.15, 0.2) is 30.7 Å². The lowest BCUT2D eigenvalue weighted by Gasteiger charge is -2.36. The van der Waals surface area contributed by atoms with Crippen molar-refractivity contribution in [3.63, 3.8) is 0 Å². The molecule has 3 N–H and O–H groups in total. The number of anilines is 2. The van der Waals surface area contributed by atoms with Crippen LogP contribution in [0.3, 0.4) is 0 Å². The number of hydrogen-bond acceptors (Lipinski definition) is 6. The lowest BCUT2D eigenvalue weighted by Crippen LogP contribution is -2.53. The minimum atomic E-state index is -0.496. The molecule has 27 heavy (non-hydrogen) atoms. The Morgan fingerprint density at radius 2 is 2.15 bits per heavy atom. The van der Waals surface area contributed by atoms with E-state index in [2.05, 4.69) is 10.4 Å². The lowest BCUT2D eigenvalue weighted by atomic mass is 10.2. The third kappa shape index (κ3) is 2.33. The third-order valence-electron chi connectivity index (χ3n) is 5.13. The first-order valence-electron chi connectivity index (χ1n) is 8.64. The Bertz CT molecular complexity index is 1080. The fraction of sp³-hybridized carbons (Fsp3) is 0.294. The Kier molecular flexibility index (Phi) is 3.17. The number of aromatic nitrogens is 4. The fourth-order valence-corrected chi connectivity index (χ4v) is 3.72. The Morgan fingerprint density at radius 1 is 1.30 bits per heavy atom. The Morgan fingerprint density at radius 3 is 2.93 bits per heavy atom. The summed E-state index contributed by atoms with van der Waals surface area (Å²) in [5, 5.41) is 6.71. The Labute approximate surface area is 154 Å². The summed E-state index contributed by atoms with van der Waals surface area (Å²) in [6.45, 7) is 1.42. The molecular weight excluding hydrogens is 348 g/mol. The number of amides is 3. The van der Waals surface area contributed by atoms with Crippen molar-refractivity contribution >= 4 is 29.2 Å². The zero-order valence-corrected chi connectivity index (χ0v) is 14.7. The van der Waals surface area contributed by atoms with Gasteiger partial charge in [0.2, 0.25) is 0 Å². The number of urea groups is 1. The van der Waals surface area contributed by atoms with Crippen LogP contribution in [0.4, 0.5) is 16.4 Å². The van der Waals surface area contributed by atoms with Gasteiger partial charge in [0.15, 0.2) is 5.65 Å². The van der Waals surface area contributed by atoms with Crippen molar-refractivity contribution in [3.05, 3.63) is 30.7 Å². The zero-order valence-electron chi connectivity index (χ0n) is 14.7. The summed E-state index contributed by atoms with van der Waals surface area (Å²) >= 11 is 0. The van der Waals surface area contributed by atoms with E-state index in [1.54, 1.807) is 21.7 Å². The molecule has 2 aliphatic rings. The van der Waals surface area contributed by atoms with Gasteiger partial charge in [0.25, 0.3) is 5.91 Å². The van der Waals surface area contributed by atoms with E-state index in [-0.39, 0.29) is 11.9 Å². The molecule has 3 aromatic heterocycles. The van der Waals surface area contributed by atoms with Gasteiger partial charge >= 0.3 is 6.03 Å². The first-order valence-corrected chi connectivity index (χ1v) is 8.64. The van der Waals surface area contributed by atoms with Crippen LogP contribution < -0.4 is 16.0 Å². The van der Waals surface area contributed by atoms with Gasteiger partial charge in [-0.2, -0.15) is 9.61 Å². The quantitative estimate of drug-likeness (QED) is 0.620. The van der Waals surface area contributed by atoms with E-state index < -0.39 is 6.04 Å². The number of nitrogens with zero attached hydrogens (tertiary/aromatic N) is 6. The van der Waals surface area contributed by atoms with Gasteiger partial charge in [-0.1, -0.05) is 0 Å². The number of fused-ring (bicyclic) bond motifs is 2. The Hall–Kier alpha value is -3.56. The van der Waals surface area contributed by atoms with Crippen molar-refractivity contribution in [1.29, 1.82) is 0 Å². The molecule has 3 aromatic rings. The topological polar surface area (TPSA) is 114 Å². The number of imide groups is 1. The van der Waals surface area contributed by atoms with Crippen LogP contribution in [0, 0.1) is 0 Å². The molecule has 0 bridgehead atoms. The van der Waals surface area contributed by atoms with Crippen LogP contribution in [-0.2, 0) is 11.8 Å². The summed E-state index contributed by atoms with van der Waals surface area (Å²) in [5.74, 6) is 0.865. The van der Waals surface area contributed by atoms with Crippen molar-refractivity contribution in [3.8, 4) is 11.1 Å². The van der Waals surface area contributed by atoms with Gasteiger partial charge in [-0.05, 0) is 6.07 Å². The van der Waals surface area contributed by atoms with Gasteiger partial charge in [-0.15, -0.1) is 0 Å². The predicted octanol–water partition coefficient (Wildman–Crippen LogP) is 0.0574. The largest absolute Gasteiger partial charge is 0.383 e. The highest BCUT2D eigenvalue weighted by atomic mass is 16.2. The minimum absolute atomic E-state index is 0.270. The highest BCUT2D eigenvalue weighted by Gasteiger charge is 2.42. The second-order valence-corrected chi connectivity index (χ2v) is 6.85. The summed E-state index contributed by atoms with van der Waals surface area (Å²) < 4.78 is 3.56. The van der Waals surface area contributed by atoms with Crippen LogP contribution in [0.25, 0.3) is 16.8 Å². The van der Waals surface area contributed by atoms with Crippen molar-refractivity contribution in [2.24, 2.45) is 7.05 Å². The van der Waals surface area contributed by atoms with Crippen LogP contribution in [0.5, 0.6) is 0 Å². The van der Waals surface area contributed by atoms with E-state index in [1.165, 1.54) is 0 Å². The van der Waals surface area contributed by atoms with E-state index in [0.29, 0.717) is 36.9 Å². The maximum atomic E-state index is 12.0. The van der Waals surface area contributed by atoms with Crippen LogP contribution in [0.2, 0.25) is 0 Å². The van der Waals surface area contributed by atoms with E-state index >= 15 is 0 Å². The molecule has 5 rings (SSSR count). The normalized spacial score (nSPS) is 19.7. The lowest BCUT2D eigenvalue weighted by molar-refractivity contribution is -0.121. The molecule has 2 aliphatic heterocycles. The van der Waals surface area contributed by atoms with E-state index in [1.807, 2.05) is 35.0 Å². The average Bonchev–Trinajstić information content (AvgIpc) is 3.33. The van der Waals surface area contributed by atoms with Crippen LogP contribution >= 0.6 is 0 Å². The monoisotopic (exact) mass is 366 g/mol. The molecule has 0 radical (unpaired) electrons. The Balaban J connectivity index is 1.54. The number of carbonyl (C=O) groups excluding carboxylic acids is 2. The van der Waals surface area contributed by atoms with E-state index in [4.69, 9.17) is 10.7 Å². The summed E-state index contributed by atoms with van der Waals surface area (Å²) in [6, 6.07) is 2.92. The third-order valence-corrected chi connectivity index (χ3v) is 5.13. The van der Waals surface area contributed by atoms with Crippen LogP contribution in [-0.4, -0.2) is 61.7 Å². The highest BCUT2D eigenvalue weighted by molar-refractivity contribution is 6.04. The second kappa shape index (κ2) is 5.47. The van der Waals surface area contributed by atoms with Gasteiger partial charge in [0.05, 0.1) is 6.20 Å². The van der Waals surface area contributed by atoms with Crippen molar-refractivity contribution in [2.45, 2.75) is 6.04 Å². The molecule has 1 atom stereocenters. The molecule has 2 fully saturated rings. The van der Waals surface area contributed by atoms with E-state index in [9.17, 15) is 9.59 Å². The zero-order chi connectivity index (χ0) is 18.7. The molecule has 10 nitrogen and oxygen atoms in total. The summed E-state index contributed by atoms with van der Waals surface area (Å²) in [7, 11) is 1.95. The molecule has 10 heteroatoms. The smallest absolute Gasteiger partial charge is 0.324 e. The van der Waals surface area contributed by atoms with Gasteiger partial charge < -0.3 is 20.1 Å². The van der Waals surface area contributed by atoms with Crippen molar-refractivity contribution in [1.82, 2.24) is 29.4 Å². The number of aryl methyl sites for hydroxylation is 1. The highest BCUT2D eigenvalue weighted by Crippen LogP contribution is 2.28. The standard InChI is InChI=1S/C17H18N8O2/c1-22-3-2-10(8-22)11-7-19-25-13(18)6-14(20-15(11)25)23-4-5-24-12(9-23)16(26)21-17(24)27/h2-3,6-8,12H,4-5,9,18H2,1H3,(H,21,26,27). The van der Waals surface area contributed by atoms with Gasteiger partial charge in [-0.3, -0.25) is 10.1 Å². The molecule has 1 unspecified atom stereocenters. The molecule has 2 saturated heterocycles. The summed E-state index contributed by atoms with van der Waals surface area (Å²) in [4.78, 5) is 32.1. The number of carbonyl (C=O) groups is 2. The van der Waals surface area contributed by atoms with Crippen LogP contribution in [0.1, 0.15) is 0 Å². The van der Waals surface area contributed by atoms with Gasteiger partial charge in [-0.25, -0.2) is 9.78 Å². The number of nitrogens with one attached hydrogen (secondary N) is 1. The molecule has 0 saturated carbocycles. The van der Waals surface area contributed by atoms with E-state index in [0.717, 1.165) is 11.1 Å². The molecular formula is C17H18N8O2. The van der Waals surface area contributed by atoms with Crippen molar-refractivity contribution < 1.29 is 9.59 Å². The number of nitrogens with two attached hydrogens (primary N) is 1. The minimum Gasteiger partial charge on any atom is -0.383 e. The molecule has 138 valence electrons. The molecule has 3 amide bonds. The number of hydrogen-bond donors (Lipinski definition) is 2. The fourth-order valence-electron chi connectivity index (χ4n) is 3.72. The molecule has 5 heterocycles. The number of rotatable bonds is 2. The first-order chi connectivity index (χ1) is 13.0. The molecule has 0 spiro atoms. The molecule has 0 aliphatic carbocycles. The average molecular weight is 366 g/mol. The maximum absolute atomic E-state index is 12.0. The van der Waals surface area contributed by atoms with Gasteiger partial charge in [0, 0.05) is 56.3 Å². The first kappa shape index (κ1) is 15.7. The predicted molar refractivity (Wildman–Crippen MR) is 98.1 cm³/mol.